The topological polar surface area (TPSA) is 86.9 Å². The van der Waals surface area contributed by atoms with Gasteiger partial charge in [0.1, 0.15) is 0 Å². The Labute approximate surface area is 167 Å². The summed E-state index contributed by atoms with van der Waals surface area (Å²) in [4.78, 5) is 27.9. The van der Waals surface area contributed by atoms with E-state index in [1.165, 1.54) is 5.56 Å². The summed E-state index contributed by atoms with van der Waals surface area (Å²) in [5.74, 6) is 0.173. The van der Waals surface area contributed by atoms with Gasteiger partial charge in [0.05, 0.1) is 12.6 Å². The van der Waals surface area contributed by atoms with Crippen LogP contribution in [0.4, 0.5) is 0 Å². The molecule has 0 spiro atoms. The van der Waals surface area contributed by atoms with Crippen LogP contribution in [-0.2, 0) is 16.0 Å². The number of hydrogen-bond acceptors (Lipinski definition) is 4. The number of hydrogen-bond donors (Lipinski definition) is 2. The zero-order valence-corrected chi connectivity index (χ0v) is 16.6. The highest BCUT2D eigenvalue weighted by Gasteiger charge is 2.29. The molecule has 1 atom stereocenters. The van der Waals surface area contributed by atoms with E-state index in [-0.39, 0.29) is 29.8 Å². The van der Waals surface area contributed by atoms with Crippen LogP contribution in [0.15, 0.2) is 30.3 Å². The van der Waals surface area contributed by atoms with E-state index in [0.29, 0.717) is 6.54 Å². The lowest BCUT2D eigenvalue weighted by Crippen LogP contribution is -2.47. The quantitative estimate of drug-likeness (QED) is 0.741. The fraction of sp³-hybridized carbons (Fsp3) is 0.636. The Bertz CT molecular complexity index is 636. The van der Waals surface area contributed by atoms with Crippen molar-refractivity contribution in [2.24, 2.45) is 17.6 Å². The van der Waals surface area contributed by atoms with Gasteiger partial charge in [-0.25, -0.2) is 0 Å². The summed E-state index contributed by atoms with van der Waals surface area (Å²) < 4.78 is 0. The number of nitrogens with zero attached hydrogens (tertiary/aromatic N) is 2. The van der Waals surface area contributed by atoms with Crippen molar-refractivity contribution in [1.82, 2.24) is 9.80 Å². The Balaban J connectivity index is 1.36. The number of aliphatic hydroxyl groups is 1. The lowest BCUT2D eigenvalue weighted by molar-refractivity contribution is -0.135. The highest BCUT2D eigenvalue weighted by atomic mass is 16.3. The smallest absolute Gasteiger partial charge is 0.236 e. The molecular formula is C22H33N3O3. The van der Waals surface area contributed by atoms with Crippen LogP contribution in [0.25, 0.3) is 0 Å². The number of carbonyl (C=O) groups excluding carboxylic acids is 2. The minimum absolute atomic E-state index is 0.0422. The maximum Gasteiger partial charge on any atom is 0.236 e. The van der Waals surface area contributed by atoms with Crippen LogP contribution in [0, 0.1) is 11.8 Å². The molecule has 1 aromatic rings. The van der Waals surface area contributed by atoms with Crippen molar-refractivity contribution in [3.8, 4) is 0 Å². The number of likely N-dealkylation sites (tertiary alicyclic amines) is 2. The minimum atomic E-state index is -0.301. The molecule has 2 fully saturated rings. The minimum Gasteiger partial charge on any atom is -0.393 e. The van der Waals surface area contributed by atoms with Crippen molar-refractivity contribution < 1.29 is 14.7 Å². The summed E-state index contributed by atoms with van der Waals surface area (Å²) in [7, 11) is 0. The van der Waals surface area contributed by atoms with Gasteiger partial charge in [-0.2, -0.15) is 0 Å². The van der Waals surface area contributed by atoms with Gasteiger partial charge in [0, 0.05) is 19.0 Å². The summed E-state index contributed by atoms with van der Waals surface area (Å²) in [6, 6.07) is 10.3. The molecule has 3 rings (SSSR count). The Morgan fingerprint density at radius 2 is 1.68 bits per heavy atom. The number of aryl methyl sites for hydroxylation is 1. The molecule has 1 aromatic carbocycles. The van der Waals surface area contributed by atoms with Crippen molar-refractivity contribution in [3.63, 3.8) is 0 Å². The molecule has 6 nitrogen and oxygen atoms in total. The average Bonchev–Trinajstić information content (AvgIpc) is 2.73. The van der Waals surface area contributed by atoms with Gasteiger partial charge in [0.15, 0.2) is 0 Å². The van der Waals surface area contributed by atoms with E-state index in [9.17, 15) is 14.7 Å². The van der Waals surface area contributed by atoms with Crippen LogP contribution in [-0.4, -0.2) is 65.5 Å². The van der Waals surface area contributed by atoms with Crippen molar-refractivity contribution in [2.75, 3.05) is 32.7 Å². The van der Waals surface area contributed by atoms with Crippen LogP contribution < -0.4 is 5.73 Å². The third-order valence-corrected chi connectivity index (χ3v) is 6.36. The van der Waals surface area contributed by atoms with Crippen molar-refractivity contribution >= 4 is 11.8 Å². The van der Waals surface area contributed by atoms with E-state index in [1.54, 1.807) is 0 Å². The molecule has 2 aliphatic heterocycles. The predicted molar refractivity (Wildman–Crippen MR) is 108 cm³/mol. The molecule has 2 saturated heterocycles. The van der Waals surface area contributed by atoms with Crippen molar-refractivity contribution in [2.45, 2.75) is 44.6 Å². The second-order valence-corrected chi connectivity index (χ2v) is 8.26. The lowest BCUT2D eigenvalue weighted by Gasteiger charge is -2.36. The number of carbonyl (C=O) groups is 2. The van der Waals surface area contributed by atoms with Crippen LogP contribution in [0.3, 0.4) is 0 Å². The molecule has 1 unspecified atom stereocenters. The summed E-state index contributed by atoms with van der Waals surface area (Å²) >= 11 is 0. The zero-order chi connectivity index (χ0) is 19.9. The Morgan fingerprint density at radius 3 is 2.29 bits per heavy atom. The first-order chi connectivity index (χ1) is 13.5. The maximum atomic E-state index is 12.6. The van der Waals surface area contributed by atoms with E-state index in [2.05, 4.69) is 17.0 Å². The average molecular weight is 388 g/mol. The van der Waals surface area contributed by atoms with Gasteiger partial charge in [-0.1, -0.05) is 30.3 Å². The van der Waals surface area contributed by atoms with Gasteiger partial charge in [0.2, 0.25) is 11.8 Å². The van der Waals surface area contributed by atoms with Crippen LogP contribution in [0.2, 0.25) is 0 Å². The fourth-order valence-corrected chi connectivity index (χ4v) is 4.40. The molecule has 0 aliphatic carbocycles. The van der Waals surface area contributed by atoms with Gasteiger partial charge >= 0.3 is 0 Å². The number of piperidine rings is 2. The molecule has 2 heterocycles. The monoisotopic (exact) mass is 387 g/mol. The normalized spacial score (nSPS) is 20.8. The molecule has 154 valence electrons. The van der Waals surface area contributed by atoms with Gasteiger partial charge in [-0.3, -0.25) is 14.5 Å². The van der Waals surface area contributed by atoms with Crippen LogP contribution in [0.5, 0.6) is 0 Å². The first kappa shape index (κ1) is 20.8. The molecule has 0 aromatic heterocycles. The van der Waals surface area contributed by atoms with Crippen LogP contribution >= 0.6 is 0 Å². The molecule has 28 heavy (non-hydrogen) atoms. The predicted octanol–water partition coefficient (Wildman–Crippen LogP) is 1.42. The van der Waals surface area contributed by atoms with E-state index in [0.717, 1.165) is 64.7 Å². The largest absolute Gasteiger partial charge is 0.393 e. The van der Waals surface area contributed by atoms with E-state index >= 15 is 0 Å². The summed E-state index contributed by atoms with van der Waals surface area (Å²) in [6.07, 6.45) is 4.60. The maximum absolute atomic E-state index is 12.6. The molecule has 3 N–H and O–H groups in total. The standard InChI is InChI=1S/C22H33N3O3/c23-22(28)19-8-12-24(13-9-19)16-21(27)25-14-10-18(11-15-25)20(26)7-6-17-4-2-1-3-5-17/h1-5,18-20,26H,6-16H2,(H2,23,28). The van der Waals surface area contributed by atoms with Gasteiger partial charge in [0.25, 0.3) is 0 Å². The van der Waals surface area contributed by atoms with Gasteiger partial charge < -0.3 is 15.7 Å². The zero-order valence-electron chi connectivity index (χ0n) is 16.6. The highest BCUT2D eigenvalue weighted by Crippen LogP contribution is 2.24. The summed E-state index contributed by atoms with van der Waals surface area (Å²) in [5, 5.41) is 10.5. The van der Waals surface area contributed by atoms with E-state index in [1.807, 2.05) is 23.1 Å². The lowest BCUT2D eigenvalue weighted by atomic mass is 9.88. The first-order valence-corrected chi connectivity index (χ1v) is 10.5. The third-order valence-electron chi connectivity index (χ3n) is 6.36. The SMILES string of the molecule is NC(=O)C1CCN(CC(=O)N2CCC(C(O)CCc3ccccc3)CC2)CC1. The third kappa shape index (κ3) is 5.79. The molecule has 2 aliphatic rings. The Morgan fingerprint density at radius 1 is 1.04 bits per heavy atom. The number of primary amides is 1. The fourth-order valence-electron chi connectivity index (χ4n) is 4.40. The van der Waals surface area contributed by atoms with E-state index in [4.69, 9.17) is 5.73 Å². The molecule has 0 saturated carbocycles. The summed E-state index contributed by atoms with van der Waals surface area (Å²) in [6.45, 7) is 3.39. The highest BCUT2D eigenvalue weighted by molar-refractivity contribution is 5.79. The molecule has 6 heteroatoms. The second-order valence-electron chi connectivity index (χ2n) is 8.26. The van der Waals surface area contributed by atoms with Gasteiger partial charge in [-0.15, -0.1) is 0 Å². The number of nitrogens with two attached hydrogens (primary N) is 1. The van der Waals surface area contributed by atoms with Crippen molar-refractivity contribution in [3.05, 3.63) is 35.9 Å². The summed E-state index contributed by atoms with van der Waals surface area (Å²) in [5.41, 5.74) is 6.63. The molecule has 0 radical (unpaired) electrons. The molecule has 2 amide bonds. The Hall–Kier alpha value is -1.92. The number of benzene rings is 1. The van der Waals surface area contributed by atoms with Gasteiger partial charge in [-0.05, 0) is 63.1 Å². The van der Waals surface area contributed by atoms with E-state index < -0.39 is 0 Å². The first-order valence-electron chi connectivity index (χ1n) is 10.5. The molecular weight excluding hydrogens is 354 g/mol. The molecule has 0 bridgehead atoms. The Kier molecular flexibility index (Phi) is 7.45. The number of aliphatic hydroxyl groups excluding tert-OH is 1. The number of rotatable bonds is 7. The van der Waals surface area contributed by atoms with Crippen molar-refractivity contribution in [1.29, 1.82) is 0 Å². The second kappa shape index (κ2) is 10.0. The number of amides is 2. The van der Waals surface area contributed by atoms with Crippen LogP contribution in [0.1, 0.15) is 37.7 Å².